The molecule has 1 amide bonds. The summed E-state index contributed by atoms with van der Waals surface area (Å²) >= 11 is 1.96. The fourth-order valence-electron chi connectivity index (χ4n) is 1.30. The van der Waals surface area contributed by atoms with E-state index in [1.165, 1.54) is 19.1 Å². The molecule has 0 spiro atoms. The second-order valence-electron chi connectivity index (χ2n) is 3.69. The molecule has 6 nitrogen and oxygen atoms in total. The van der Waals surface area contributed by atoms with Crippen molar-refractivity contribution in [1.29, 1.82) is 0 Å². The molecule has 1 rings (SSSR count). The second-order valence-corrected chi connectivity index (χ2v) is 4.94. The van der Waals surface area contributed by atoms with E-state index >= 15 is 0 Å². The molecule has 0 aliphatic carbocycles. The van der Waals surface area contributed by atoms with Crippen molar-refractivity contribution in [2.75, 3.05) is 0 Å². The van der Waals surface area contributed by atoms with Gasteiger partial charge in [0.2, 0.25) is 0 Å². The predicted molar refractivity (Wildman–Crippen MR) is 71.4 cm³/mol. The van der Waals surface area contributed by atoms with Gasteiger partial charge in [-0.2, -0.15) is 0 Å². The molecule has 98 valence electrons. The highest BCUT2D eigenvalue weighted by Gasteiger charge is 2.26. The number of hydrogen-bond donors (Lipinski definition) is 4. The lowest BCUT2D eigenvalue weighted by Gasteiger charge is -2.17. The van der Waals surface area contributed by atoms with Crippen molar-refractivity contribution in [1.82, 2.24) is 5.32 Å². The first-order valence-corrected chi connectivity index (χ1v) is 6.11. The molecule has 0 aromatic heterocycles. The van der Waals surface area contributed by atoms with Crippen LogP contribution in [0.4, 0.5) is 0 Å². The maximum atomic E-state index is 11.8. The van der Waals surface area contributed by atoms with E-state index in [4.69, 9.17) is 5.11 Å². The Labute approximate surface area is 117 Å². The summed E-state index contributed by atoms with van der Waals surface area (Å²) in [6, 6.07) is 2.95. The number of phenolic OH excluding ortho intramolecular Hbond substituents is 1. The molecule has 0 aliphatic rings. The van der Waals surface area contributed by atoms with Crippen LogP contribution in [0.15, 0.2) is 18.2 Å². The quantitative estimate of drug-likeness (QED) is 0.584. The van der Waals surface area contributed by atoms with E-state index in [9.17, 15) is 19.8 Å². The minimum atomic E-state index is -1.42. The highest BCUT2D eigenvalue weighted by Crippen LogP contribution is 2.19. The number of hydrogen-bond acceptors (Lipinski definition) is 4. The van der Waals surface area contributed by atoms with Gasteiger partial charge in [0.25, 0.3) is 5.91 Å². The molecule has 1 aromatic rings. The van der Waals surface area contributed by atoms with Gasteiger partial charge in [0, 0.05) is 3.57 Å². The highest BCUT2D eigenvalue weighted by molar-refractivity contribution is 14.1. The number of rotatable bonds is 4. The number of aliphatic hydroxyl groups is 1. The number of carboxylic acids is 1. The van der Waals surface area contributed by atoms with Crippen molar-refractivity contribution in [3.05, 3.63) is 27.3 Å². The van der Waals surface area contributed by atoms with Gasteiger partial charge in [-0.25, -0.2) is 4.79 Å². The van der Waals surface area contributed by atoms with Crippen molar-refractivity contribution >= 4 is 34.5 Å². The van der Waals surface area contributed by atoms with E-state index in [0.29, 0.717) is 0 Å². The monoisotopic (exact) mass is 365 g/mol. The van der Waals surface area contributed by atoms with Gasteiger partial charge in [-0.05, 0) is 47.7 Å². The summed E-state index contributed by atoms with van der Waals surface area (Å²) in [5, 5.41) is 29.7. The summed E-state index contributed by atoms with van der Waals surface area (Å²) in [7, 11) is 0. The lowest BCUT2D eigenvalue weighted by atomic mass is 10.1. The number of amides is 1. The summed E-state index contributed by atoms with van der Waals surface area (Å²) in [6.07, 6.45) is -1.24. The largest absolute Gasteiger partial charge is 0.507 e. The normalized spacial score (nSPS) is 13.7. The molecule has 2 unspecified atom stereocenters. The molecule has 0 saturated heterocycles. The van der Waals surface area contributed by atoms with Crippen LogP contribution in [-0.2, 0) is 4.79 Å². The minimum Gasteiger partial charge on any atom is -0.507 e. The van der Waals surface area contributed by atoms with Crippen LogP contribution < -0.4 is 5.32 Å². The Morgan fingerprint density at radius 3 is 2.50 bits per heavy atom. The molecule has 1 aromatic carbocycles. The Bertz CT molecular complexity index is 475. The molecule has 0 radical (unpaired) electrons. The summed E-state index contributed by atoms with van der Waals surface area (Å²) in [5.41, 5.74) is -0.0335. The van der Waals surface area contributed by atoms with E-state index in [1.807, 2.05) is 22.6 Å². The number of aliphatic hydroxyl groups excluding tert-OH is 1. The van der Waals surface area contributed by atoms with Crippen LogP contribution in [0.3, 0.4) is 0 Å². The SMILES string of the molecule is CC(O)C(NC(=O)c1cc(I)ccc1O)C(=O)O. The molecule has 2 atom stereocenters. The number of carbonyl (C=O) groups is 2. The highest BCUT2D eigenvalue weighted by atomic mass is 127. The predicted octanol–water partition coefficient (Wildman–Crippen LogP) is 0.561. The fraction of sp³-hybridized carbons (Fsp3) is 0.273. The Hall–Kier alpha value is -1.35. The Morgan fingerprint density at radius 1 is 1.39 bits per heavy atom. The number of carboxylic acid groups (broad SMARTS) is 1. The minimum absolute atomic E-state index is 0.0335. The van der Waals surface area contributed by atoms with Crippen molar-refractivity contribution in [2.24, 2.45) is 0 Å². The number of carbonyl (C=O) groups excluding carboxylic acids is 1. The first kappa shape index (κ1) is 14.7. The number of phenols is 1. The van der Waals surface area contributed by atoms with Crippen LogP contribution >= 0.6 is 22.6 Å². The van der Waals surface area contributed by atoms with E-state index in [-0.39, 0.29) is 11.3 Å². The van der Waals surface area contributed by atoms with Crippen LogP contribution in [-0.4, -0.2) is 39.3 Å². The molecular formula is C11H12INO5. The van der Waals surface area contributed by atoms with E-state index in [2.05, 4.69) is 5.32 Å². The van der Waals surface area contributed by atoms with E-state index in [0.717, 1.165) is 3.57 Å². The maximum Gasteiger partial charge on any atom is 0.328 e. The standard InChI is InChI=1S/C11H12INO5/c1-5(14)9(11(17)18)13-10(16)7-4-6(12)2-3-8(7)15/h2-5,9,14-15H,1H3,(H,13,16)(H,17,18). The van der Waals surface area contributed by atoms with Gasteiger partial charge in [0.05, 0.1) is 11.7 Å². The van der Waals surface area contributed by atoms with Crippen LogP contribution in [0.1, 0.15) is 17.3 Å². The Balaban J connectivity index is 2.94. The number of aliphatic carboxylic acids is 1. The topological polar surface area (TPSA) is 107 Å². The van der Waals surface area contributed by atoms with E-state index in [1.54, 1.807) is 6.07 Å². The molecule has 18 heavy (non-hydrogen) atoms. The zero-order valence-corrected chi connectivity index (χ0v) is 11.6. The van der Waals surface area contributed by atoms with Gasteiger partial charge in [0.15, 0.2) is 6.04 Å². The van der Waals surface area contributed by atoms with Crippen LogP contribution in [0, 0.1) is 3.57 Å². The second kappa shape index (κ2) is 6.01. The molecule has 0 heterocycles. The van der Waals surface area contributed by atoms with Crippen molar-refractivity contribution < 1.29 is 24.9 Å². The molecule has 0 bridgehead atoms. The van der Waals surface area contributed by atoms with Gasteiger partial charge in [-0.3, -0.25) is 4.79 Å². The van der Waals surface area contributed by atoms with Crippen molar-refractivity contribution in [3.8, 4) is 5.75 Å². The summed E-state index contributed by atoms with van der Waals surface area (Å²) in [6.45, 7) is 1.26. The third-order valence-electron chi connectivity index (χ3n) is 2.24. The van der Waals surface area contributed by atoms with Gasteiger partial charge >= 0.3 is 5.97 Å². The average Bonchev–Trinajstić information content (AvgIpc) is 2.28. The molecule has 0 fully saturated rings. The summed E-state index contributed by atoms with van der Waals surface area (Å²) < 4.78 is 0.722. The maximum absolute atomic E-state index is 11.8. The van der Waals surface area contributed by atoms with Crippen LogP contribution in [0.2, 0.25) is 0 Å². The number of aromatic hydroxyl groups is 1. The lowest BCUT2D eigenvalue weighted by molar-refractivity contribution is -0.141. The molecule has 0 saturated carbocycles. The zero-order valence-electron chi connectivity index (χ0n) is 9.42. The number of nitrogens with one attached hydrogen (secondary N) is 1. The van der Waals surface area contributed by atoms with Crippen molar-refractivity contribution in [2.45, 2.75) is 19.1 Å². The van der Waals surface area contributed by atoms with Gasteiger partial charge in [0.1, 0.15) is 5.75 Å². The number of benzene rings is 1. The molecule has 7 heteroatoms. The molecule has 0 aliphatic heterocycles. The summed E-state index contributed by atoms with van der Waals surface area (Å²) in [4.78, 5) is 22.6. The van der Waals surface area contributed by atoms with Crippen LogP contribution in [0.25, 0.3) is 0 Å². The van der Waals surface area contributed by atoms with Gasteiger partial charge < -0.3 is 20.6 Å². The average molecular weight is 365 g/mol. The Kier molecular flexibility index (Phi) is 4.91. The Morgan fingerprint density at radius 2 is 2.00 bits per heavy atom. The lowest BCUT2D eigenvalue weighted by Crippen LogP contribution is -2.47. The van der Waals surface area contributed by atoms with Gasteiger partial charge in [-0.1, -0.05) is 0 Å². The first-order chi connectivity index (χ1) is 8.32. The van der Waals surface area contributed by atoms with Gasteiger partial charge in [-0.15, -0.1) is 0 Å². The third-order valence-corrected chi connectivity index (χ3v) is 2.91. The smallest absolute Gasteiger partial charge is 0.328 e. The summed E-state index contributed by atoms with van der Waals surface area (Å²) in [5.74, 6) is -2.34. The van der Waals surface area contributed by atoms with E-state index < -0.39 is 24.0 Å². The fourth-order valence-corrected chi connectivity index (χ4v) is 1.79. The zero-order chi connectivity index (χ0) is 13.9. The molecular weight excluding hydrogens is 353 g/mol. The van der Waals surface area contributed by atoms with Crippen molar-refractivity contribution in [3.63, 3.8) is 0 Å². The first-order valence-electron chi connectivity index (χ1n) is 5.03. The molecule has 4 N–H and O–H groups in total. The third kappa shape index (κ3) is 3.57. The van der Waals surface area contributed by atoms with Crippen LogP contribution in [0.5, 0.6) is 5.75 Å². The number of halogens is 1.